The number of carboxylic acids is 1. The summed E-state index contributed by atoms with van der Waals surface area (Å²) in [6.45, 7) is 3.67. The summed E-state index contributed by atoms with van der Waals surface area (Å²) in [5, 5.41) is 11.0. The van der Waals surface area contributed by atoms with Gasteiger partial charge < -0.3 is 14.8 Å². The van der Waals surface area contributed by atoms with E-state index in [-0.39, 0.29) is 46.8 Å². The summed E-state index contributed by atoms with van der Waals surface area (Å²) in [5.74, 6) is -0.937. The van der Waals surface area contributed by atoms with Crippen LogP contribution in [0.5, 0.6) is 0 Å². The molecule has 3 atom stereocenters. The molecule has 2 fully saturated rings. The Kier molecular flexibility index (Phi) is 4.34. The topological polar surface area (TPSA) is 60.4 Å². The number of aliphatic carboxylic acids is 1. The minimum atomic E-state index is -1.17. The Labute approximate surface area is 126 Å². The summed E-state index contributed by atoms with van der Waals surface area (Å²) in [6.07, 6.45) is 0. The molecule has 0 spiro atoms. The van der Waals surface area contributed by atoms with Crippen molar-refractivity contribution >= 4 is 36.3 Å². The molecule has 16 heavy (non-hydrogen) atoms. The maximum Gasteiger partial charge on any atom is 1.00 e. The van der Waals surface area contributed by atoms with Crippen molar-refractivity contribution in [2.24, 2.45) is 5.92 Å². The average Bonchev–Trinajstić information content (AvgIpc) is 2.35. The number of hydrogen-bond donors (Lipinski definition) is 1. The van der Waals surface area contributed by atoms with Crippen LogP contribution in [-0.2, 0) is 9.59 Å². The van der Waals surface area contributed by atoms with Crippen LogP contribution in [0.25, 0.3) is 0 Å². The molecule has 0 aliphatic carbocycles. The van der Waals surface area contributed by atoms with E-state index in [1.165, 1.54) is 16.7 Å². The molecule has 7 heteroatoms. The van der Waals surface area contributed by atoms with Crippen LogP contribution < -0.4 is 34.7 Å². The molecule has 4 nitrogen and oxygen atoms in total. The average molecular weight is 269 g/mol. The Balaban J connectivity index is 0.00000128. The zero-order valence-electron chi connectivity index (χ0n) is 9.47. The third-order valence-electron chi connectivity index (χ3n) is 2.97. The molecule has 0 aromatic carbocycles. The van der Waals surface area contributed by atoms with Gasteiger partial charge in [0.1, 0.15) is 0 Å². The molecule has 0 aromatic heterocycles. The van der Waals surface area contributed by atoms with Crippen LogP contribution in [0.15, 0.2) is 0 Å². The van der Waals surface area contributed by atoms with Crippen molar-refractivity contribution < 1.29 is 44.3 Å². The summed E-state index contributed by atoms with van der Waals surface area (Å²) in [6, 6.07) is -0.809. The van der Waals surface area contributed by atoms with Crippen molar-refractivity contribution in [2.45, 2.75) is 30.0 Å². The predicted molar refractivity (Wildman–Crippen MR) is 58.4 cm³/mol. The van der Waals surface area contributed by atoms with Gasteiger partial charge in [0.15, 0.2) is 0 Å². The van der Waals surface area contributed by atoms with Gasteiger partial charge in [-0.2, -0.15) is 12.6 Å². The van der Waals surface area contributed by atoms with Crippen LogP contribution in [0, 0.1) is 5.92 Å². The molecule has 2 aliphatic rings. The number of carbonyl (C=O) groups is 2. The van der Waals surface area contributed by atoms with Crippen molar-refractivity contribution in [1.82, 2.24) is 4.90 Å². The molecule has 0 N–H and O–H groups in total. The predicted octanol–water partition coefficient (Wildman–Crippen LogP) is -3.65. The Morgan fingerprint density at radius 2 is 2.19 bits per heavy atom. The number of thioether (sulfide) groups is 1. The third-order valence-corrected chi connectivity index (χ3v) is 4.99. The fraction of sp³-hybridized carbons (Fsp3) is 0.778. The number of hydrogen-bond acceptors (Lipinski definition) is 5. The monoisotopic (exact) mass is 269 g/mol. The zero-order valence-corrected chi connectivity index (χ0v) is 13.2. The standard InChI is InChI=1S/C9H13NO3S2.Na/c1-9(2)5(8(12)13)10-6(11)4(3-14)7(10)15-9;/h4-5,7,14H,3H2,1-2H3,(H,12,13);/q;+1/p-1/t4-,5+,7?;/m1./s1. The van der Waals surface area contributed by atoms with Crippen LogP contribution in [0.3, 0.4) is 0 Å². The molecule has 0 bridgehead atoms. The second-order valence-electron chi connectivity index (χ2n) is 4.37. The number of nitrogens with zero attached hydrogens (tertiary/aromatic N) is 1. The van der Waals surface area contributed by atoms with Gasteiger partial charge in [-0.15, -0.1) is 11.8 Å². The van der Waals surface area contributed by atoms with Gasteiger partial charge in [-0.1, -0.05) is 0 Å². The first-order chi connectivity index (χ1) is 6.90. The van der Waals surface area contributed by atoms with Crippen molar-refractivity contribution in [1.29, 1.82) is 0 Å². The number of carbonyl (C=O) groups excluding carboxylic acids is 2. The van der Waals surface area contributed by atoms with Gasteiger partial charge in [-0.25, -0.2) is 0 Å². The van der Waals surface area contributed by atoms with E-state index in [2.05, 4.69) is 12.6 Å². The van der Waals surface area contributed by atoms with Crippen LogP contribution >= 0.6 is 24.4 Å². The first-order valence-electron chi connectivity index (χ1n) is 4.72. The summed E-state index contributed by atoms with van der Waals surface area (Å²) >= 11 is 5.63. The van der Waals surface area contributed by atoms with Gasteiger partial charge in [0.2, 0.25) is 5.91 Å². The Hall–Kier alpha value is 0.640. The molecule has 2 aliphatic heterocycles. The third kappa shape index (κ3) is 1.92. The van der Waals surface area contributed by atoms with E-state index in [0.717, 1.165) is 0 Å². The second-order valence-corrected chi connectivity index (χ2v) is 6.50. The van der Waals surface area contributed by atoms with Gasteiger partial charge in [0.05, 0.1) is 23.3 Å². The quantitative estimate of drug-likeness (QED) is 0.319. The summed E-state index contributed by atoms with van der Waals surface area (Å²) < 4.78 is -0.475. The van der Waals surface area contributed by atoms with Crippen LogP contribution in [0.2, 0.25) is 0 Å². The molecular formula is C9H12NNaO3S2. The first-order valence-corrected chi connectivity index (χ1v) is 6.23. The number of rotatable bonds is 2. The van der Waals surface area contributed by atoms with E-state index >= 15 is 0 Å². The summed E-state index contributed by atoms with van der Waals surface area (Å²) in [4.78, 5) is 24.1. The number of thiol groups is 1. The Morgan fingerprint density at radius 1 is 1.62 bits per heavy atom. The molecule has 0 aromatic rings. The van der Waals surface area contributed by atoms with Gasteiger partial charge in [-0.05, 0) is 13.8 Å². The minimum absolute atomic E-state index is 0. The molecule has 1 unspecified atom stereocenters. The van der Waals surface area contributed by atoms with Gasteiger partial charge >= 0.3 is 29.6 Å². The summed E-state index contributed by atoms with van der Waals surface area (Å²) in [5.41, 5.74) is 0. The van der Waals surface area contributed by atoms with E-state index < -0.39 is 16.8 Å². The molecule has 2 heterocycles. The van der Waals surface area contributed by atoms with Gasteiger partial charge in [0.25, 0.3) is 0 Å². The molecule has 1 amide bonds. The fourth-order valence-corrected chi connectivity index (χ4v) is 4.42. The van der Waals surface area contributed by atoms with Gasteiger partial charge in [-0.3, -0.25) is 4.79 Å². The normalized spacial score (nSPS) is 35.1. The minimum Gasteiger partial charge on any atom is -0.548 e. The molecular weight excluding hydrogens is 257 g/mol. The van der Waals surface area contributed by atoms with Crippen molar-refractivity contribution in [3.05, 3.63) is 0 Å². The van der Waals surface area contributed by atoms with Crippen LogP contribution in [0.1, 0.15) is 13.8 Å². The van der Waals surface area contributed by atoms with Crippen molar-refractivity contribution in [2.75, 3.05) is 5.75 Å². The van der Waals surface area contributed by atoms with Crippen molar-refractivity contribution in [3.8, 4) is 0 Å². The first kappa shape index (κ1) is 14.7. The second kappa shape index (κ2) is 4.72. The van der Waals surface area contributed by atoms with E-state index in [9.17, 15) is 14.7 Å². The van der Waals surface area contributed by atoms with E-state index in [1.54, 1.807) is 0 Å². The number of fused-ring (bicyclic) bond motifs is 1. The van der Waals surface area contributed by atoms with Gasteiger partial charge in [0, 0.05) is 10.5 Å². The largest absolute Gasteiger partial charge is 1.00 e. The smallest absolute Gasteiger partial charge is 0.548 e. The number of β-lactam (4-membered cyclic amide) rings is 1. The number of carboxylic acid groups (broad SMARTS) is 1. The number of amides is 1. The Bertz CT molecular complexity index is 337. The van der Waals surface area contributed by atoms with E-state index in [4.69, 9.17) is 0 Å². The van der Waals surface area contributed by atoms with Crippen molar-refractivity contribution in [3.63, 3.8) is 0 Å². The molecule has 0 radical (unpaired) electrons. The van der Waals surface area contributed by atoms with E-state index in [1.807, 2.05) is 13.8 Å². The zero-order chi connectivity index (χ0) is 11.4. The summed E-state index contributed by atoms with van der Waals surface area (Å²) in [7, 11) is 0. The van der Waals surface area contributed by atoms with E-state index in [0.29, 0.717) is 5.75 Å². The van der Waals surface area contributed by atoms with Crippen LogP contribution in [-0.4, -0.2) is 38.7 Å². The molecule has 0 saturated carbocycles. The molecule has 2 rings (SSSR count). The van der Waals surface area contributed by atoms with Crippen LogP contribution in [0.4, 0.5) is 0 Å². The maximum atomic E-state index is 11.6. The molecule has 2 saturated heterocycles. The Morgan fingerprint density at radius 3 is 2.62 bits per heavy atom. The SMILES string of the molecule is CC1(C)SC2[C@H](CS)C(=O)N2[C@H]1C(=O)[O-].[Na+]. The fourth-order valence-electron chi connectivity index (χ4n) is 2.24. The maximum absolute atomic E-state index is 11.6. The molecule has 84 valence electrons.